The number of carbonyl (C=O) groups excluding carboxylic acids is 2. The van der Waals surface area contributed by atoms with Gasteiger partial charge in [-0.1, -0.05) is 6.92 Å². The Morgan fingerprint density at radius 3 is 2.81 bits per heavy atom. The highest BCUT2D eigenvalue weighted by molar-refractivity contribution is 7.13. The Morgan fingerprint density at radius 1 is 1.30 bits per heavy atom. The summed E-state index contributed by atoms with van der Waals surface area (Å²) in [5.41, 5.74) is 1.18. The molecule has 7 nitrogen and oxygen atoms in total. The lowest BCUT2D eigenvalue weighted by Gasteiger charge is -2.44. The second-order valence-electron chi connectivity index (χ2n) is 7.34. The fourth-order valence-electron chi connectivity index (χ4n) is 3.96. The summed E-state index contributed by atoms with van der Waals surface area (Å²) in [5, 5.41) is 9.63. The lowest BCUT2D eigenvalue weighted by atomic mass is 9.84. The molecule has 8 heteroatoms. The third-order valence-electron chi connectivity index (χ3n) is 5.45. The van der Waals surface area contributed by atoms with Crippen molar-refractivity contribution in [2.24, 2.45) is 5.92 Å². The van der Waals surface area contributed by atoms with Crippen LogP contribution in [0.15, 0.2) is 18.2 Å². The maximum Gasteiger partial charge on any atom is 0.319 e. The number of aromatic nitrogens is 1. The highest BCUT2D eigenvalue weighted by Crippen LogP contribution is 2.29. The van der Waals surface area contributed by atoms with E-state index in [1.165, 1.54) is 11.5 Å². The molecule has 2 bridgehead atoms. The normalized spacial score (nSPS) is 24.0. The van der Waals surface area contributed by atoms with E-state index in [0.717, 1.165) is 49.0 Å². The minimum Gasteiger partial charge on any atom is -0.346 e. The number of carbonyl (C=O) groups is 2. The molecule has 0 radical (unpaired) electrons. The minimum absolute atomic E-state index is 0.0959. The van der Waals surface area contributed by atoms with Crippen LogP contribution in [0.3, 0.4) is 0 Å². The van der Waals surface area contributed by atoms with Gasteiger partial charge in [0.25, 0.3) is 5.91 Å². The van der Waals surface area contributed by atoms with Crippen molar-refractivity contribution in [1.29, 1.82) is 0 Å². The topological polar surface area (TPSA) is 86.4 Å². The van der Waals surface area contributed by atoms with E-state index in [4.69, 9.17) is 0 Å². The van der Waals surface area contributed by atoms with Crippen molar-refractivity contribution in [2.75, 3.05) is 31.5 Å². The van der Waals surface area contributed by atoms with Crippen LogP contribution in [0, 0.1) is 5.92 Å². The molecule has 4 heterocycles. The average molecular weight is 388 g/mol. The number of hydrogen-bond acceptors (Lipinski definition) is 5. The number of piperidine rings is 3. The van der Waals surface area contributed by atoms with Crippen molar-refractivity contribution >= 4 is 39.2 Å². The molecular formula is C19H25N5O2S. The Kier molecular flexibility index (Phi) is 5.27. The van der Waals surface area contributed by atoms with E-state index < -0.39 is 0 Å². The maximum absolute atomic E-state index is 12.8. The predicted octanol–water partition coefficient (Wildman–Crippen LogP) is 2.65. The summed E-state index contributed by atoms with van der Waals surface area (Å²) in [4.78, 5) is 27.0. The molecule has 0 aliphatic carbocycles. The summed E-state index contributed by atoms with van der Waals surface area (Å²) in [6.07, 6.45) is 3.22. The summed E-state index contributed by atoms with van der Waals surface area (Å²) in [6.45, 7) is 5.89. The molecule has 5 rings (SSSR count). The Labute approximate surface area is 162 Å². The Bertz CT molecular complexity index is 844. The van der Waals surface area contributed by atoms with E-state index in [9.17, 15) is 9.59 Å². The van der Waals surface area contributed by atoms with Crippen LogP contribution in [0.4, 0.5) is 10.5 Å². The van der Waals surface area contributed by atoms with Crippen molar-refractivity contribution < 1.29 is 9.59 Å². The van der Waals surface area contributed by atoms with Gasteiger partial charge in [0.15, 0.2) is 0 Å². The molecule has 3 aliphatic rings. The minimum atomic E-state index is -0.221. The number of benzene rings is 1. The van der Waals surface area contributed by atoms with Crippen molar-refractivity contribution in [1.82, 2.24) is 19.9 Å². The van der Waals surface area contributed by atoms with E-state index in [1.807, 2.05) is 25.1 Å². The molecule has 1 aromatic carbocycles. The summed E-state index contributed by atoms with van der Waals surface area (Å²) in [7, 11) is 0. The number of hydrogen-bond donors (Lipinski definition) is 3. The van der Waals surface area contributed by atoms with Crippen LogP contribution >= 0.6 is 11.5 Å². The average Bonchev–Trinajstić information content (AvgIpc) is 3.10. The van der Waals surface area contributed by atoms with Crippen molar-refractivity contribution in [2.45, 2.75) is 32.2 Å². The van der Waals surface area contributed by atoms with Crippen LogP contribution in [-0.2, 0) is 0 Å². The monoisotopic (exact) mass is 387 g/mol. The summed E-state index contributed by atoms with van der Waals surface area (Å²) < 4.78 is 5.27. The van der Waals surface area contributed by atoms with Crippen LogP contribution in [0.25, 0.3) is 10.1 Å². The molecule has 27 heavy (non-hydrogen) atoms. The Hall–Kier alpha value is -2.19. The van der Waals surface area contributed by atoms with E-state index >= 15 is 0 Å². The zero-order chi connectivity index (χ0) is 18.8. The van der Waals surface area contributed by atoms with Gasteiger partial charge in [0.05, 0.1) is 4.70 Å². The number of urea groups is 1. The van der Waals surface area contributed by atoms with Crippen molar-refractivity contribution in [3.05, 3.63) is 23.9 Å². The molecular weight excluding hydrogens is 362 g/mol. The number of amides is 3. The van der Waals surface area contributed by atoms with Crippen LogP contribution in [0.5, 0.6) is 0 Å². The first-order valence-corrected chi connectivity index (χ1v) is 10.4. The zero-order valence-electron chi connectivity index (χ0n) is 15.5. The van der Waals surface area contributed by atoms with Gasteiger partial charge < -0.3 is 20.9 Å². The molecule has 3 N–H and O–H groups in total. The number of fused-ring (bicyclic) bond motifs is 4. The highest BCUT2D eigenvalue weighted by Gasteiger charge is 2.35. The van der Waals surface area contributed by atoms with Gasteiger partial charge in [-0.2, -0.15) is 4.37 Å². The first kappa shape index (κ1) is 18.2. The van der Waals surface area contributed by atoms with Gasteiger partial charge in [-0.3, -0.25) is 4.79 Å². The SMILES string of the molecule is CCCNC(=O)Nc1ccc2c(C(=O)N[C@@H]3CN4CCC3CC4)nsc2c1. The third kappa shape index (κ3) is 3.91. The Morgan fingerprint density at radius 2 is 2.11 bits per heavy atom. The van der Waals surface area contributed by atoms with Gasteiger partial charge in [-0.15, -0.1) is 0 Å². The van der Waals surface area contributed by atoms with E-state index in [1.54, 1.807) is 0 Å². The second-order valence-corrected chi connectivity index (χ2v) is 8.15. The molecule has 1 atom stereocenters. The second kappa shape index (κ2) is 7.82. The van der Waals surface area contributed by atoms with Gasteiger partial charge in [0.2, 0.25) is 0 Å². The molecule has 3 saturated heterocycles. The third-order valence-corrected chi connectivity index (χ3v) is 6.26. The molecule has 3 amide bonds. The lowest BCUT2D eigenvalue weighted by Crippen LogP contribution is -2.57. The Balaban J connectivity index is 1.45. The molecule has 1 aromatic heterocycles. The highest BCUT2D eigenvalue weighted by atomic mass is 32.1. The van der Waals surface area contributed by atoms with Gasteiger partial charge >= 0.3 is 6.03 Å². The molecule has 0 unspecified atom stereocenters. The molecule has 3 aliphatic heterocycles. The zero-order valence-corrected chi connectivity index (χ0v) is 16.3. The fourth-order valence-corrected chi connectivity index (χ4v) is 4.77. The molecule has 0 saturated carbocycles. The first-order valence-electron chi connectivity index (χ1n) is 9.61. The van der Waals surface area contributed by atoms with Crippen LogP contribution < -0.4 is 16.0 Å². The van der Waals surface area contributed by atoms with Gasteiger partial charge in [0.1, 0.15) is 5.69 Å². The van der Waals surface area contributed by atoms with E-state index in [-0.39, 0.29) is 18.0 Å². The van der Waals surface area contributed by atoms with Crippen molar-refractivity contribution in [3.63, 3.8) is 0 Å². The van der Waals surface area contributed by atoms with Crippen molar-refractivity contribution in [3.8, 4) is 0 Å². The van der Waals surface area contributed by atoms with E-state index in [0.29, 0.717) is 23.8 Å². The summed E-state index contributed by atoms with van der Waals surface area (Å²) in [6, 6.07) is 5.54. The number of nitrogens with one attached hydrogen (secondary N) is 3. The quantitative estimate of drug-likeness (QED) is 0.736. The van der Waals surface area contributed by atoms with Gasteiger partial charge in [0, 0.05) is 30.2 Å². The number of nitrogens with zero attached hydrogens (tertiary/aromatic N) is 2. The predicted molar refractivity (Wildman–Crippen MR) is 107 cm³/mol. The number of rotatable bonds is 5. The van der Waals surface area contributed by atoms with Crippen LogP contribution in [-0.4, -0.2) is 53.4 Å². The summed E-state index contributed by atoms with van der Waals surface area (Å²) in [5.74, 6) is 0.489. The smallest absolute Gasteiger partial charge is 0.319 e. The molecule has 144 valence electrons. The van der Waals surface area contributed by atoms with Crippen LogP contribution in [0.1, 0.15) is 36.7 Å². The largest absolute Gasteiger partial charge is 0.346 e. The van der Waals surface area contributed by atoms with Crippen LogP contribution in [0.2, 0.25) is 0 Å². The standard InChI is InChI=1S/C19H25N5O2S/c1-2-7-20-19(26)21-13-3-4-14-16(10-13)27-23-17(14)18(25)22-15-11-24-8-5-12(15)6-9-24/h3-4,10,12,15H,2,5-9,11H2,1H3,(H,22,25)(H2,20,21,26)/t15-/m1/s1. The fraction of sp³-hybridized carbons (Fsp3) is 0.526. The lowest BCUT2D eigenvalue weighted by molar-refractivity contribution is 0.0619. The number of anilines is 1. The molecule has 2 aromatic rings. The molecule has 0 spiro atoms. The van der Waals surface area contributed by atoms with Gasteiger partial charge in [-0.25, -0.2) is 4.79 Å². The summed E-state index contributed by atoms with van der Waals surface area (Å²) >= 11 is 1.29. The van der Waals surface area contributed by atoms with Gasteiger partial charge in [-0.05, 0) is 68.0 Å². The first-order chi connectivity index (χ1) is 13.1. The molecule has 3 fully saturated rings. The van der Waals surface area contributed by atoms with E-state index in [2.05, 4.69) is 25.2 Å². The maximum atomic E-state index is 12.8.